The van der Waals surface area contributed by atoms with Crippen LogP contribution in [0.1, 0.15) is 16.7 Å². The molecule has 0 aliphatic rings. The molecule has 0 fully saturated rings. The second-order valence-corrected chi connectivity index (χ2v) is 4.36. The fourth-order valence-corrected chi connectivity index (χ4v) is 1.65. The smallest absolute Gasteiger partial charge is 0.406 e. The van der Waals surface area contributed by atoms with E-state index in [1.165, 1.54) is 17.7 Å². The van der Waals surface area contributed by atoms with Gasteiger partial charge in [-0.05, 0) is 30.2 Å². The van der Waals surface area contributed by atoms with Crippen LogP contribution in [0.3, 0.4) is 0 Å². The summed E-state index contributed by atoms with van der Waals surface area (Å²) in [6, 6.07) is 13.7. The average molecular weight is 278 g/mol. The lowest BCUT2D eigenvalue weighted by Gasteiger charge is -2.08. The van der Waals surface area contributed by atoms with Crippen LogP contribution in [0.5, 0.6) is 5.75 Å². The summed E-state index contributed by atoms with van der Waals surface area (Å²) in [7, 11) is 0. The molecule has 2 aromatic carbocycles. The molecular formula is C16H13F3O. The second-order valence-electron chi connectivity index (χ2n) is 4.36. The molecule has 0 aromatic heterocycles. The third-order valence-corrected chi connectivity index (χ3v) is 2.66. The number of rotatable bonds is 3. The number of hydrogen-bond acceptors (Lipinski definition) is 1. The molecule has 0 radical (unpaired) electrons. The van der Waals surface area contributed by atoms with Crippen LogP contribution in [0.4, 0.5) is 13.2 Å². The van der Waals surface area contributed by atoms with Gasteiger partial charge in [-0.2, -0.15) is 0 Å². The van der Waals surface area contributed by atoms with Crippen molar-refractivity contribution in [3.63, 3.8) is 0 Å². The van der Waals surface area contributed by atoms with Gasteiger partial charge >= 0.3 is 6.36 Å². The van der Waals surface area contributed by atoms with Crippen LogP contribution in [-0.4, -0.2) is 6.36 Å². The van der Waals surface area contributed by atoms with Gasteiger partial charge in [-0.3, -0.25) is 0 Å². The van der Waals surface area contributed by atoms with Crippen LogP contribution >= 0.6 is 0 Å². The van der Waals surface area contributed by atoms with E-state index in [2.05, 4.69) is 4.74 Å². The normalized spacial score (nSPS) is 11.8. The molecule has 104 valence electrons. The summed E-state index contributed by atoms with van der Waals surface area (Å²) >= 11 is 0. The maximum atomic E-state index is 12.0. The van der Waals surface area contributed by atoms with Gasteiger partial charge in [-0.15, -0.1) is 13.2 Å². The zero-order chi connectivity index (χ0) is 14.6. The largest absolute Gasteiger partial charge is 0.573 e. The minimum absolute atomic E-state index is 0.218. The molecule has 0 bridgehead atoms. The first-order valence-corrected chi connectivity index (χ1v) is 6.03. The average Bonchev–Trinajstić information content (AvgIpc) is 2.38. The summed E-state index contributed by atoms with van der Waals surface area (Å²) in [5, 5.41) is 0. The standard InChI is InChI=1S/C16H13F3O/c1-12-2-4-13(5-3-12)6-7-14-8-10-15(11-9-14)20-16(17,18)19/h2-11H,1H3. The van der Waals surface area contributed by atoms with Gasteiger partial charge in [0.2, 0.25) is 0 Å². The van der Waals surface area contributed by atoms with Crippen molar-refractivity contribution in [1.29, 1.82) is 0 Å². The van der Waals surface area contributed by atoms with E-state index in [1.54, 1.807) is 12.1 Å². The summed E-state index contributed by atoms with van der Waals surface area (Å²) in [5.41, 5.74) is 3.02. The van der Waals surface area contributed by atoms with Crippen LogP contribution < -0.4 is 4.74 Å². The Morgan fingerprint density at radius 3 is 1.70 bits per heavy atom. The van der Waals surface area contributed by atoms with Crippen molar-refractivity contribution in [2.24, 2.45) is 0 Å². The molecular weight excluding hydrogens is 265 g/mol. The molecule has 2 rings (SSSR count). The van der Waals surface area contributed by atoms with Crippen molar-refractivity contribution in [2.75, 3.05) is 0 Å². The van der Waals surface area contributed by atoms with Crippen LogP contribution in [0.25, 0.3) is 12.2 Å². The Morgan fingerprint density at radius 1 is 0.800 bits per heavy atom. The monoisotopic (exact) mass is 278 g/mol. The van der Waals surface area contributed by atoms with Gasteiger partial charge < -0.3 is 4.74 Å². The zero-order valence-electron chi connectivity index (χ0n) is 10.8. The van der Waals surface area contributed by atoms with E-state index >= 15 is 0 Å². The van der Waals surface area contributed by atoms with Crippen molar-refractivity contribution in [3.8, 4) is 5.75 Å². The molecule has 0 amide bonds. The molecule has 0 saturated heterocycles. The molecule has 0 atom stereocenters. The Balaban J connectivity index is 2.05. The van der Waals surface area contributed by atoms with E-state index in [0.29, 0.717) is 0 Å². The summed E-state index contributed by atoms with van der Waals surface area (Å²) in [4.78, 5) is 0. The Labute approximate surface area is 115 Å². The Bertz CT molecular complexity index is 581. The highest BCUT2D eigenvalue weighted by Gasteiger charge is 2.30. The molecule has 0 aliphatic heterocycles. The van der Waals surface area contributed by atoms with Crippen molar-refractivity contribution < 1.29 is 17.9 Å². The first kappa shape index (κ1) is 14.2. The highest BCUT2D eigenvalue weighted by molar-refractivity contribution is 5.69. The SMILES string of the molecule is Cc1ccc(C=Cc2ccc(OC(F)(F)F)cc2)cc1. The predicted octanol–water partition coefficient (Wildman–Crippen LogP) is 5.06. The highest BCUT2D eigenvalue weighted by Crippen LogP contribution is 2.23. The van der Waals surface area contributed by atoms with Gasteiger partial charge in [-0.25, -0.2) is 0 Å². The quantitative estimate of drug-likeness (QED) is 0.713. The van der Waals surface area contributed by atoms with Crippen molar-refractivity contribution in [1.82, 2.24) is 0 Å². The molecule has 2 aromatic rings. The summed E-state index contributed by atoms with van der Waals surface area (Å²) < 4.78 is 39.8. The topological polar surface area (TPSA) is 9.23 Å². The lowest BCUT2D eigenvalue weighted by molar-refractivity contribution is -0.274. The summed E-state index contributed by atoms with van der Waals surface area (Å²) in [6.45, 7) is 2.01. The van der Waals surface area contributed by atoms with Crippen LogP contribution in [0, 0.1) is 6.92 Å². The van der Waals surface area contributed by atoms with Crippen LogP contribution in [0.15, 0.2) is 48.5 Å². The molecule has 0 aliphatic carbocycles. The Kier molecular flexibility index (Phi) is 4.13. The highest BCUT2D eigenvalue weighted by atomic mass is 19.4. The molecule has 20 heavy (non-hydrogen) atoms. The fraction of sp³-hybridized carbons (Fsp3) is 0.125. The molecule has 4 heteroatoms. The van der Waals surface area contributed by atoms with Crippen molar-refractivity contribution in [3.05, 3.63) is 65.2 Å². The van der Waals surface area contributed by atoms with Crippen molar-refractivity contribution in [2.45, 2.75) is 13.3 Å². The third kappa shape index (κ3) is 4.46. The second kappa shape index (κ2) is 5.82. The minimum Gasteiger partial charge on any atom is -0.406 e. The molecule has 0 saturated carbocycles. The van der Waals surface area contributed by atoms with E-state index in [9.17, 15) is 13.2 Å². The van der Waals surface area contributed by atoms with E-state index in [0.717, 1.165) is 11.1 Å². The van der Waals surface area contributed by atoms with E-state index in [-0.39, 0.29) is 5.75 Å². The number of halogens is 3. The maximum absolute atomic E-state index is 12.0. The van der Waals surface area contributed by atoms with Gasteiger partial charge in [0, 0.05) is 0 Å². The first-order valence-electron chi connectivity index (χ1n) is 6.03. The van der Waals surface area contributed by atoms with E-state index in [1.807, 2.05) is 43.3 Å². The van der Waals surface area contributed by atoms with Crippen molar-refractivity contribution >= 4 is 12.2 Å². The first-order chi connectivity index (χ1) is 9.42. The minimum atomic E-state index is -4.65. The van der Waals surface area contributed by atoms with E-state index < -0.39 is 6.36 Å². The number of alkyl halides is 3. The lowest BCUT2D eigenvalue weighted by atomic mass is 10.1. The number of hydrogen-bond donors (Lipinski definition) is 0. The Morgan fingerprint density at radius 2 is 1.25 bits per heavy atom. The maximum Gasteiger partial charge on any atom is 0.573 e. The predicted molar refractivity (Wildman–Crippen MR) is 73.2 cm³/mol. The number of benzene rings is 2. The van der Waals surface area contributed by atoms with Crippen LogP contribution in [0.2, 0.25) is 0 Å². The molecule has 0 heterocycles. The molecule has 0 unspecified atom stereocenters. The van der Waals surface area contributed by atoms with Gasteiger partial charge in [0.1, 0.15) is 5.75 Å². The van der Waals surface area contributed by atoms with Gasteiger partial charge in [0.05, 0.1) is 0 Å². The van der Waals surface area contributed by atoms with Crippen LogP contribution in [-0.2, 0) is 0 Å². The lowest BCUT2D eigenvalue weighted by Crippen LogP contribution is -2.16. The number of aryl methyl sites for hydroxylation is 1. The summed E-state index contributed by atoms with van der Waals surface area (Å²) in [6.07, 6.45) is -0.916. The number of ether oxygens (including phenoxy) is 1. The molecule has 1 nitrogen and oxygen atoms in total. The van der Waals surface area contributed by atoms with E-state index in [4.69, 9.17) is 0 Å². The summed E-state index contributed by atoms with van der Waals surface area (Å²) in [5.74, 6) is -0.218. The van der Waals surface area contributed by atoms with Gasteiger partial charge in [0.25, 0.3) is 0 Å². The Hall–Kier alpha value is -2.23. The zero-order valence-corrected chi connectivity index (χ0v) is 10.8. The molecule has 0 N–H and O–H groups in total. The van der Waals surface area contributed by atoms with Gasteiger partial charge in [-0.1, -0.05) is 54.1 Å². The third-order valence-electron chi connectivity index (χ3n) is 2.66. The fourth-order valence-electron chi connectivity index (χ4n) is 1.65. The van der Waals surface area contributed by atoms with Gasteiger partial charge in [0.15, 0.2) is 0 Å². The molecule has 0 spiro atoms.